The average Bonchev–Trinajstić information content (AvgIpc) is 3.34. The van der Waals surface area contributed by atoms with Crippen LogP contribution in [0.2, 0.25) is 0 Å². The number of amides is 2. The van der Waals surface area contributed by atoms with Gasteiger partial charge in [-0.2, -0.15) is 5.10 Å². The second kappa shape index (κ2) is 9.50. The first-order chi connectivity index (χ1) is 16.4. The molecule has 1 heterocycles. The average molecular weight is 458 g/mol. The minimum Gasteiger partial charge on any atom is -0.480 e. The van der Waals surface area contributed by atoms with Crippen LogP contribution in [-0.4, -0.2) is 57.5 Å². The molecule has 4 rings (SSSR count). The number of rotatable bonds is 7. The Morgan fingerprint density at radius 2 is 1.76 bits per heavy atom. The van der Waals surface area contributed by atoms with Crippen molar-refractivity contribution in [2.45, 2.75) is 5.92 Å². The van der Waals surface area contributed by atoms with Crippen LogP contribution in [0.5, 0.6) is 0 Å². The number of carboxylic acid groups (broad SMARTS) is 1. The van der Waals surface area contributed by atoms with Gasteiger partial charge in [0, 0.05) is 13.0 Å². The number of fused-ring (bicyclic) bond motifs is 3. The minimum absolute atomic E-state index is 0.00925. The summed E-state index contributed by atoms with van der Waals surface area (Å²) in [4.78, 5) is 37.6. The lowest BCUT2D eigenvalue weighted by Gasteiger charge is -2.19. The second-order valence-corrected chi connectivity index (χ2v) is 7.74. The number of nitrogens with zero attached hydrogens (tertiary/aromatic N) is 3. The quantitative estimate of drug-likeness (QED) is 0.527. The Hall–Kier alpha value is -4.58. The van der Waals surface area contributed by atoms with Gasteiger partial charge in [-0.05, 0) is 22.3 Å². The third kappa shape index (κ3) is 4.34. The van der Waals surface area contributed by atoms with Gasteiger partial charge in [0.15, 0.2) is 0 Å². The lowest BCUT2D eigenvalue weighted by atomic mass is 9.98. The van der Waals surface area contributed by atoms with E-state index in [1.165, 1.54) is 17.9 Å². The lowest BCUT2D eigenvalue weighted by Crippen LogP contribution is -2.37. The second-order valence-electron chi connectivity index (χ2n) is 7.74. The van der Waals surface area contributed by atoms with E-state index in [-0.39, 0.29) is 30.5 Å². The topological polar surface area (TPSA) is 114 Å². The number of aryl methyl sites for hydroxylation is 1. The van der Waals surface area contributed by atoms with Crippen LogP contribution < -0.4 is 5.32 Å². The van der Waals surface area contributed by atoms with Crippen LogP contribution in [0, 0.1) is 12.3 Å². The number of carboxylic acids is 1. The fraction of sp³-hybridized carbons (Fsp3) is 0.200. The first-order valence-electron chi connectivity index (χ1n) is 10.5. The first kappa shape index (κ1) is 22.6. The highest BCUT2D eigenvalue weighted by Gasteiger charge is 2.30. The van der Waals surface area contributed by atoms with Crippen molar-refractivity contribution in [3.05, 3.63) is 71.5 Å². The summed E-state index contributed by atoms with van der Waals surface area (Å²) in [6.45, 7) is -0.690. The fourth-order valence-corrected chi connectivity index (χ4v) is 4.15. The van der Waals surface area contributed by atoms with Crippen LogP contribution >= 0.6 is 0 Å². The van der Waals surface area contributed by atoms with E-state index in [0.717, 1.165) is 27.2 Å². The van der Waals surface area contributed by atoms with E-state index in [4.69, 9.17) is 16.3 Å². The molecule has 0 saturated carbocycles. The molecule has 0 bridgehead atoms. The van der Waals surface area contributed by atoms with Crippen LogP contribution in [-0.2, 0) is 16.6 Å². The van der Waals surface area contributed by atoms with Gasteiger partial charge in [0.25, 0.3) is 5.91 Å². The summed E-state index contributed by atoms with van der Waals surface area (Å²) in [5, 5.41) is 15.6. The minimum atomic E-state index is -1.21. The molecule has 2 amide bonds. The molecule has 34 heavy (non-hydrogen) atoms. The van der Waals surface area contributed by atoms with Gasteiger partial charge in [-0.15, -0.1) is 6.42 Å². The molecular formula is C25H22N4O5. The molecule has 9 nitrogen and oxygen atoms in total. The van der Waals surface area contributed by atoms with E-state index in [1.54, 1.807) is 0 Å². The first-order valence-corrected chi connectivity index (χ1v) is 10.5. The Kier molecular flexibility index (Phi) is 6.32. The summed E-state index contributed by atoms with van der Waals surface area (Å²) in [5.74, 6) is 0.264. The zero-order valence-electron chi connectivity index (χ0n) is 18.4. The van der Waals surface area contributed by atoms with Crippen molar-refractivity contribution in [3.63, 3.8) is 0 Å². The number of nitrogens with one attached hydrogen (secondary N) is 1. The standard InChI is InChI=1S/C25H22N4O5/c1-3-12-29(14-22(30)31)24(32)23-21(13-26-28(23)2)27-25(33)34-15-20-18-10-6-4-8-16(18)17-9-5-7-11-19(17)20/h1,4-11,13,20H,12,14-15H2,2H3,(H,27,33)(H,30,31). The van der Waals surface area contributed by atoms with Crippen LogP contribution in [0.1, 0.15) is 27.5 Å². The summed E-state index contributed by atoms with van der Waals surface area (Å²) in [7, 11) is 1.50. The predicted octanol–water partition coefficient (Wildman–Crippen LogP) is 2.94. The number of aliphatic carboxylic acids is 1. The summed E-state index contributed by atoms with van der Waals surface area (Å²) >= 11 is 0. The number of aromatic nitrogens is 2. The highest BCUT2D eigenvalue weighted by molar-refractivity contribution is 6.02. The molecule has 0 unspecified atom stereocenters. The van der Waals surface area contributed by atoms with Crippen molar-refractivity contribution >= 4 is 23.7 Å². The fourth-order valence-electron chi connectivity index (χ4n) is 4.15. The van der Waals surface area contributed by atoms with Crippen molar-refractivity contribution in [3.8, 4) is 23.5 Å². The molecule has 1 aromatic heterocycles. The maximum atomic E-state index is 12.9. The van der Waals surface area contributed by atoms with Crippen LogP contribution in [0.25, 0.3) is 11.1 Å². The summed E-state index contributed by atoms with van der Waals surface area (Å²) < 4.78 is 6.76. The molecule has 0 spiro atoms. The number of carbonyl (C=O) groups excluding carboxylic acids is 2. The molecule has 0 fully saturated rings. The Labute approximate surface area is 195 Å². The van der Waals surface area contributed by atoms with Gasteiger partial charge in [0.05, 0.1) is 18.4 Å². The van der Waals surface area contributed by atoms with Crippen molar-refractivity contribution in [2.75, 3.05) is 25.0 Å². The number of terminal acetylenes is 1. The van der Waals surface area contributed by atoms with Gasteiger partial charge < -0.3 is 14.7 Å². The lowest BCUT2D eigenvalue weighted by molar-refractivity contribution is -0.137. The maximum absolute atomic E-state index is 12.9. The van der Waals surface area contributed by atoms with Gasteiger partial charge >= 0.3 is 12.1 Å². The molecule has 9 heteroatoms. The zero-order chi connectivity index (χ0) is 24.2. The third-order valence-corrected chi connectivity index (χ3v) is 5.62. The van der Waals surface area contributed by atoms with Gasteiger partial charge in [-0.25, -0.2) is 4.79 Å². The van der Waals surface area contributed by atoms with Crippen molar-refractivity contribution in [2.24, 2.45) is 7.05 Å². The van der Waals surface area contributed by atoms with E-state index in [0.29, 0.717) is 0 Å². The molecule has 0 atom stereocenters. The summed E-state index contributed by atoms with van der Waals surface area (Å²) in [6, 6.07) is 16.0. The molecule has 0 radical (unpaired) electrons. The molecule has 2 aromatic carbocycles. The Morgan fingerprint density at radius 3 is 2.35 bits per heavy atom. The van der Waals surface area contributed by atoms with E-state index in [1.807, 2.05) is 48.5 Å². The smallest absolute Gasteiger partial charge is 0.411 e. The number of benzene rings is 2. The summed E-state index contributed by atoms with van der Waals surface area (Å²) in [5.41, 5.74) is 4.46. The number of ether oxygens (including phenoxy) is 1. The van der Waals surface area contributed by atoms with Crippen molar-refractivity contribution in [1.29, 1.82) is 0 Å². The van der Waals surface area contributed by atoms with E-state index in [2.05, 4.69) is 16.3 Å². The monoisotopic (exact) mass is 458 g/mol. The largest absolute Gasteiger partial charge is 0.480 e. The van der Waals surface area contributed by atoms with Crippen LogP contribution in [0.3, 0.4) is 0 Å². The van der Waals surface area contributed by atoms with Crippen molar-refractivity contribution < 1.29 is 24.2 Å². The number of hydrogen-bond acceptors (Lipinski definition) is 5. The number of hydrogen-bond donors (Lipinski definition) is 2. The highest BCUT2D eigenvalue weighted by Crippen LogP contribution is 2.44. The van der Waals surface area contributed by atoms with E-state index >= 15 is 0 Å². The molecule has 2 N–H and O–H groups in total. The number of carbonyl (C=O) groups is 3. The molecule has 1 aliphatic rings. The number of anilines is 1. The molecule has 1 aliphatic carbocycles. The van der Waals surface area contributed by atoms with Crippen LogP contribution in [0.4, 0.5) is 10.5 Å². The van der Waals surface area contributed by atoms with Gasteiger partial charge in [0.1, 0.15) is 18.8 Å². The van der Waals surface area contributed by atoms with E-state index in [9.17, 15) is 14.4 Å². The highest BCUT2D eigenvalue weighted by atomic mass is 16.5. The Morgan fingerprint density at radius 1 is 1.15 bits per heavy atom. The summed E-state index contributed by atoms with van der Waals surface area (Å²) in [6.07, 6.45) is 5.81. The van der Waals surface area contributed by atoms with Crippen molar-refractivity contribution in [1.82, 2.24) is 14.7 Å². The van der Waals surface area contributed by atoms with Gasteiger partial charge in [0.2, 0.25) is 0 Å². The Bertz CT molecular complexity index is 1260. The molecule has 0 aliphatic heterocycles. The zero-order valence-corrected chi connectivity index (χ0v) is 18.4. The van der Waals surface area contributed by atoms with Gasteiger partial charge in [-0.1, -0.05) is 54.5 Å². The molecule has 3 aromatic rings. The maximum Gasteiger partial charge on any atom is 0.411 e. The van der Waals surface area contributed by atoms with Crippen LogP contribution in [0.15, 0.2) is 54.7 Å². The third-order valence-electron chi connectivity index (χ3n) is 5.62. The molecular weight excluding hydrogens is 436 g/mol. The van der Waals surface area contributed by atoms with E-state index < -0.39 is 24.5 Å². The SMILES string of the molecule is C#CCN(CC(=O)O)C(=O)c1c(NC(=O)OCC2c3ccccc3-c3ccccc32)cnn1C. The normalized spacial score (nSPS) is 11.8. The Balaban J connectivity index is 1.48. The molecule has 0 saturated heterocycles. The predicted molar refractivity (Wildman–Crippen MR) is 124 cm³/mol. The van der Waals surface area contributed by atoms with Gasteiger partial charge in [-0.3, -0.25) is 19.6 Å². The molecule has 172 valence electrons.